The number of halogens is 1. The number of urea groups is 1. The fraction of sp³-hybridized carbons (Fsp3) is 0.250. The van der Waals surface area contributed by atoms with Gasteiger partial charge in [-0.25, -0.2) is 9.18 Å². The molecule has 3 heterocycles. The lowest BCUT2D eigenvalue weighted by atomic mass is 9.88. The predicted molar refractivity (Wildman–Crippen MR) is 136 cm³/mol. The van der Waals surface area contributed by atoms with Gasteiger partial charge in [0.05, 0.1) is 48.7 Å². The van der Waals surface area contributed by atoms with E-state index in [-0.39, 0.29) is 24.3 Å². The number of hydrogen-bond donors (Lipinski definition) is 3. The van der Waals surface area contributed by atoms with Gasteiger partial charge in [-0.3, -0.25) is 14.6 Å². The van der Waals surface area contributed by atoms with Crippen LogP contribution in [0.1, 0.15) is 32.7 Å². The topological polar surface area (TPSA) is 145 Å². The van der Waals surface area contributed by atoms with Crippen molar-refractivity contribution in [3.05, 3.63) is 82.3 Å². The molecule has 2 aromatic carbocycles. The van der Waals surface area contributed by atoms with Gasteiger partial charge < -0.3 is 25.4 Å². The Kier molecular flexibility index (Phi) is 6.49. The molecule has 3 N–H and O–H groups in total. The summed E-state index contributed by atoms with van der Waals surface area (Å²) in [6.45, 7) is 1.36. The Morgan fingerprint density at radius 3 is 2.77 bits per heavy atom. The number of nitrogens with one attached hydrogen (secondary N) is 2. The Morgan fingerprint density at radius 1 is 1.28 bits per heavy atom. The number of hydrogen-bond acceptors (Lipinski definition) is 7. The first-order chi connectivity index (χ1) is 18.7. The molecule has 1 fully saturated rings. The summed E-state index contributed by atoms with van der Waals surface area (Å²) in [5.41, 5.74) is 1.11. The van der Waals surface area contributed by atoms with Crippen molar-refractivity contribution in [2.24, 2.45) is 0 Å². The first kappa shape index (κ1) is 25.8. The van der Waals surface area contributed by atoms with Gasteiger partial charge in [0.25, 0.3) is 5.91 Å². The number of rotatable bonds is 7. The van der Waals surface area contributed by atoms with Crippen molar-refractivity contribution in [1.82, 2.24) is 20.5 Å². The number of carbonyl (C=O) groups excluding carboxylic acids is 3. The highest BCUT2D eigenvalue weighted by atomic mass is 19.1. The van der Waals surface area contributed by atoms with Crippen LogP contribution in [0.4, 0.5) is 9.18 Å². The van der Waals surface area contributed by atoms with E-state index in [1.165, 1.54) is 18.1 Å². The van der Waals surface area contributed by atoms with E-state index in [9.17, 15) is 29.1 Å². The molecule has 0 bridgehead atoms. The summed E-state index contributed by atoms with van der Waals surface area (Å²) in [7, 11) is 1.29. The highest BCUT2D eigenvalue weighted by Crippen LogP contribution is 2.33. The zero-order valence-electron chi connectivity index (χ0n) is 21.1. The maximum atomic E-state index is 14.9. The summed E-state index contributed by atoms with van der Waals surface area (Å²) in [6, 6.07) is 14.7. The van der Waals surface area contributed by atoms with Crippen molar-refractivity contribution < 1.29 is 28.6 Å². The van der Waals surface area contributed by atoms with Crippen molar-refractivity contribution >= 4 is 17.7 Å². The second-order valence-corrected chi connectivity index (χ2v) is 9.50. The van der Waals surface area contributed by atoms with E-state index in [1.807, 2.05) is 0 Å². The Labute approximate surface area is 223 Å². The third kappa shape index (κ3) is 4.45. The Balaban J connectivity index is 1.45. The van der Waals surface area contributed by atoms with E-state index in [0.717, 1.165) is 0 Å². The molecule has 1 saturated heterocycles. The van der Waals surface area contributed by atoms with Crippen LogP contribution in [0, 0.1) is 24.1 Å². The van der Waals surface area contributed by atoms with Crippen LogP contribution in [0.3, 0.4) is 0 Å². The van der Waals surface area contributed by atoms with E-state index in [0.29, 0.717) is 33.6 Å². The molecular weight excluding hydrogens is 505 g/mol. The number of methoxy groups -OCH3 is 1. The minimum Gasteiger partial charge on any atom is -0.494 e. The van der Waals surface area contributed by atoms with Crippen LogP contribution in [0.2, 0.25) is 0 Å². The zero-order chi connectivity index (χ0) is 27.9. The number of pyridine rings is 1. The highest BCUT2D eigenvalue weighted by molar-refractivity contribution is 6.01. The number of aromatic nitrogens is 1. The number of carbonyl (C=O) groups is 3. The van der Waals surface area contributed by atoms with Gasteiger partial charge in [0.1, 0.15) is 0 Å². The molecule has 0 saturated carbocycles. The summed E-state index contributed by atoms with van der Waals surface area (Å²) in [6.07, 6.45) is -1.92. The molecule has 3 aromatic rings. The molecule has 39 heavy (non-hydrogen) atoms. The molecule has 198 valence electrons. The quantitative estimate of drug-likeness (QED) is 0.426. The van der Waals surface area contributed by atoms with Crippen LogP contribution in [0.25, 0.3) is 11.3 Å². The minimum absolute atomic E-state index is 0.0191. The molecule has 2 aliphatic heterocycles. The average Bonchev–Trinajstić information content (AvgIpc) is 3.40. The summed E-state index contributed by atoms with van der Waals surface area (Å²) in [5.74, 6) is -2.18. The molecule has 3 amide bonds. The number of benzene rings is 2. The Morgan fingerprint density at radius 2 is 2.08 bits per heavy atom. The maximum absolute atomic E-state index is 14.9. The van der Waals surface area contributed by atoms with Crippen molar-refractivity contribution in [3.8, 4) is 23.1 Å². The number of amides is 3. The zero-order valence-corrected chi connectivity index (χ0v) is 21.1. The number of Topliss-reactive ketones (excluding diaryl/α,β-unsaturated/α-hetero) is 1. The van der Waals surface area contributed by atoms with Crippen LogP contribution in [-0.4, -0.2) is 58.1 Å². The van der Waals surface area contributed by atoms with Gasteiger partial charge in [-0.05, 0) is 42.3 Å². The molecule has 1 aromatic heterocycles. The summed E-state index contributed by atoms with van der Waals surface area (Å²) >= 11 is 0. The SMILES string of the molecule is COc1ccc2c(c1F)C(=O)N(CC1(C(=O)Cc3nc(-c4cccc(C#N)c4)ccc3C)NC(=O)NC1O)C2. The van der Waals surface area contributed by atoms with Crippen molar-refractivity contribution in [2.75, 3.05) is 13.7 Å². The molecule has 10 nitrogen and oxygen atoms in total. The van der Waals surface area contributed by atoms with Crippen LogP contribution in [-0.2, 0) is 17.8 Å². The molecule has 2 atom stereocenters. The first-order valence-corrected chi connectivity index (χ1v) is 12.1. The maximum Gasteiger partial charge on any atom is 0.317 e. The molecule has 0 aliphatic carbocycles. The number of ketones is 1. The third-order valence-electron chi connectivity index (χ3n) is 7.10. The van der Waals surface area contributed by atoms with E-state index < -0.39 is 41.9 Å². The molecular formula is C28H24FN5O5. The summed E-state index contributed by atoms with van der Waals surface area (Å²) in [5, 5.41) is 24.8. The minimum atomic E-state index is -1.90. The van der Waals surface area contributed by atoms with Gasteiger partial charge in [-0.1, -0.05) is 24.3 Å². The first-order valence-electron chi connectivity index (χ1n) is 12.1. The van der Waals surface area contributed by atoms with Crippen molar-refractivity contribution in [2.45, 2.75) is 31.7 Å². The lowest BCUT2D eigenvalue weighted by Gasteiger charge is -2.33. The van der Waals surface area contributed by atoms with Crippen molar-refractivity contribution in [1.29, 1.82) is 5.26 Å². The summed E-state index contributed by atoms with van der Waals surface area (Å²) < 4.78 is 19.8. The van der Waals surface area contributed by atoms with Gasteiger partial charge >= 0.3 is 6.03 Å². The van der Waals surface area contributed by atoms with Gasteiger partial charge in [-0.2, -0.15) is 5.26 Å². The third-order valence-corrected chi connectivity index (χ3v) is 7.10. The second-order valence-electron chi connectivity index (χ2n) is 9.50. The number of nitrogens with zero attached hydrogens (tertiary/aromatic N) is 3. The van der Waals surface area contributed by atoms with Gasteiger partial charge in [0.2, 0.25) is 0 Å². The highest BCUT2D eigenvalue weighted by Gasteiger charge is 2.54. The monoisotopic (exact) mass is 529 g/mol. The lowest BCUT2D eigenvalue weighted by molar-refractivity contribution is -0.129. The average molecular weight is 530 g/mol. The number of fused-ring (bicyclic) bond motifs is 1. The number of aliphatic hydroxyl groups excluding tert-OH is 1. The molecule has 11 heteroatoms. The number of aliphatic hydroxyl groups is 1. The van der Waals surface area contributed by atoms with E-state index >= 15 is 0 Å². The van der Waals surface area contributed by atoms with Crippen LogP contribution in [0.5, 0.6) is 5.75 Å². The van der Waals surface area contributed by atoms with E-state index in [4.69, 9.17) is 4.74 Å². The number of aryl methyl sites for hydroxylation is 1. The number of ether oxygens (including phenoxy) is 1. The molecule has 0 radical (unpaired) electrons. The summed E-state index contributed by atoms with van der Waals surface area (Å²) in [4.78, 5) is 45.0. The standard InChI is InChI=1S/C28H24FN5O5/c1-15-6-8-19(17-5-3-4-16(10-17)12-30)31-20(15)11-22(35)28(26(37)32-27(38)33-28)14-34-13-18-7-9-21(39-2)24(29)23(18)25(34)36/h3-10,26,37H,11,13-14H2,1-2H3,(H2,32,33,38). The molecule has 0 spiro atoms. The fourth-order valence-corrected chi connectivity index (χ4v) is 4.94. The second kappa shape index (κ2) is 9.81. The van der Waals surface area contributed by atoms with Crippen molar-refractivity contribution in [3.63, 3.8) is 0 Å². The normalized spacial score (nSPS) is 19.8. The Bertz CT molecular complexity index is 1570. The van der Waals surface area contributed by atoms with Gasteiger partial charge in [0, 0.05) is 12.1 Å². The smallest absolute Gasteiger partial charge is 0.317 e. The molecule has 2 unspecified atom stereocenters. The number of nitriles is 1. The van der Waals surface area contributed by atoms with E-state index in [1.54, 1.807) is 49.4 Å². The lowest BCUT2D eigenvalue weighted by Crippen LogP contribution is -2.63. The fourth-order valence-electron chi connectivity index (χ4n) is 4.94. The van der Waals surface area contributed by atoms with Gasteiger partial charge in [-0.15, -0.1) is 0 Å². The molecule has 5 rings (SSSR count). The largest absolute Gasteiger partial charge is 0.494 e. The van der Waals surface area contributed by atoms with E-state index in [2.05, 4.69) is 21.7 Å². The predicted octanol–water partition coefficient (Wildman–Crippen LogP) is 2.21. The molecule has 2 aliphatic rings. The van der Waals surface area contributed by atoms with Crippen LogP contribution in [0.15, 0.2) is 48.5 Å². The van der Waals surface area contributed by atoms with Crippen LogP contribution >= 0.6 is 0 Å². The van der Waals surface area contributed by atoms with Gasteiger partial charge in [0.15, 0.2) is 29.1 Å². The Hall–Kier alpha value is -4.82. The van der Waals surface area contributed by atoms with Crippen LogP contribution < -0.4 is 15.4 Å².